The number of sulfone groups is 1. The molecule has 0 spiro atoms. The molecule has 0 N–H and O–H groups in total. The summed E-state index contributed by atoms with van der Waals surface area (Å²) in [6, 6.07) is 5.08. The number of alkyl halides is 1. The second-order valence-electron chi connectivity index (χ2n) is 5.63. The first-order chi connectivity index (χ1) is 11.5. The second-order valence-corrected chi connectivity index (χ2v) is 9.26. The number of hydrogen-bond donors (Lipinski definition) is 0. The van der Waals surface area contributed by atoms with E-state index in [-0.39, 0.29) is 35.5 Å². The zero-order chi connectivity index (χ0) is 16.9. The first-order valence-corrected chi connectivity index (χ1v) is 10.4. The number of fused-ring (bicyclic) bond motifs is 2. The second kappa shape index (κ2) is 5.82. The van der Waals surface area contributed by atoms with Crippen molar-refractivity contribution >= 4 is 50.0 Å². The molecule has 2 saturated heterocycles. The minimum atomic E-state index is -3.10. The van der Waals surface area contributed by atoms with Gasteiger partial charge in [-0.25, -0.2) is 8.42 Å². The fourth-order valence-electron chi connectivity index (χ4n) is 3.04. The number of carbonyl (C=O) groups is 1. The first kappa shape index (κ1) is 16.0. The van der Waals surface area contributed by atoms with Gasteiger partial charge in [0.1, 0.15) is 5.88 Å². The molecule has 2 atom stereocenters. The molecule has 1 aromatic carbocycles. The summed E-state index contributed by atoms with van der Waals surface area (Å²) in [5.41, 5.74) is 0.720. The maximum absolute atomic E-state index is 12.0. The van der Waals surface area contributed by atoms with Gasteiger partial charge in [0.2, 0.25) is 6.79 Å². The molecule has 4 rings (SSSR count). The Balaban J connectivity index is 1.75. The Kier molecular flexibility index (Phi) is 3.89. The Morgan fingerprint density at radius 2 is 2.12 bits per heavy atom. The first-order valence-electron chi connectivity index (χ1n) is 7.20. The topological polar surface area (TPSA) is 85.3 Å². The normalized spacial score (nSPS) is 28.4. The fraction of sp³-hybridized carbons (Fsp3) is 0.429. The number of amidine groups is 1. The van der Waals surface area contributed by atoms with Crippen LogP contribution in [0.5, 0.6) is 11.5 Å². The number of hydrogen-bond acceptors (Lipinski definition) is 6. The lowest BCUT2D eigenvalue weighted by Gasteiger charge is -2.24. The van der Waals surface area contributed by atoms with Crippen molar-refractivity contribution in [3.8, 4) is 11.5 Å². The highest BCUT2D eigenvalue weighted by Gasteiger charge is 2.49. The number of halogens is 1. The van der Waals surface area contributed by atoms with Gasteiger partial charge in [-0.1, -0.05) is 11.8 Å². The van der Waals surface area contributed by atoms with E-state index in [9.17, 15) is 13.2 Å². The number of anilines is 1. The van der Waals surface area contributed by atoms with Crippen LogP contribution in [0.2, 0.25) is 0 Å². The monoisotopic (exact) mass is 388 g/mol. The molecular formula is C14H13ClN2O5S2. The molecule has 3 aliphatic heterocycles. The zero-order valence-corrected chi connectivity index (χ0v) is 14.7. The van der Waals surface area contributed by atoms with Crippen LogP contribution < -0.4 is 14.4 Å². The highest BCUT2D eigenvalue weighted by molar-refractivity contribution is 8.16. The molecule has 3 aliphatic rings. The van der Waals surface area contributed by atoms with E-state index in [1.165, 1.54) is 11.8 Å². The van der Waals surface area contributed by atoms with Gasteiger partial charge < -0.3 is 14.4 Å². The highest BCUT2D eigenvalue weighted by Crippen LogP contribution is 2.43. The Morgan fingerprint density at radius 3 is 2.92 bits per heavy atom. The predicted molar refractivity (Wildman–Crippen MR) is 92.0 cm³/mol. The standard InChI is InChI=1S/C14H13ClN2O5S2/c15-4-13(18)16-14-17(9-5-24(19,20)6-12(9)23-14)8-1-2-10-11(3-8)22-7-21-10/h1-3,9,12H,4-7H2. The van der Waals surface area contributed by atoms with Crippen LogP contribution in [0.15, 0.2) is 23.2 Å². The van der Waals surface area contributed by atoms with E-state index < -0.39 is 15.7 Å². The minimum Gasteiger partial charge on any atom is -0.454 e. The van der Waals surface area contributed by atoms with E-state index in [0.29, 0.717) is 16.7 Å². The quantitative estimate of drug-likeness (QED) is 0.705. The number of ether oxygens (including phenoxy) is 2. The van der Waals surface area contributed by atoms with Gasteiger partial charge in [0.05, 0.1) is 17.5 Å². The van der Waals surface area contributed by atoms with E-state index in [1.807, 2.05) is 6.07 Å². The third kappa shape index (κ3) is 2.74. The van der Waals surface area contributed by atoms with Gasteiger partial charge in [0, 0.05) is 17.0 Å². The smallest absolute Gasteiger partial charge is 0.262 e. The molecule has 0 saturated carbocycles. The lowest BCUT2D eigenvalue weighted by Crippen LogP contribution is -2.37. The molecule has 1 amide bonds. The van der Waals surface area contributed by atoms with Crippen LogP contribution >= 0.6 is 23.4 Å². The number of rotatable bonds is 2. The number of aliphatic imine (C=N–C) groups is 1. The van der Waals surface area contributed by atoms with E-state index in [0.717, 1.165) is 5.69 Å². The average Bonchev–Trinajstić information content (AvgIpc) is 3.18. The van der Waals surface area contributed by atoms with Crippen LogP contribution in [-0.2, 0) is 14.6 Å². The maximum Gasteiger partial charge on any atom is 0.262 e. The minimum absolute atomic E-state index is 0.0349. The molecule has 0 aliphatic carbocycles. The van der Waals surface area contributed by atoms with Crippen LogP contribution in [0.25, 0.3) is 0 Å². The van der Waals surface area contributed by atoms with Gasteiger partial charge in [-0.3, -0.25) is 4.79 Å². The lowest BCUT2D eigenvalue weighted by molar-refractivity contribution is -0.115. The average molecular weight is 389 g/mol. The summed E-state index contributed by atoms with van der Waals surface area (Å²) in [4.78, 5) is 17.5. The van der Waals surface area contributed by atoms with Crippen LogP contribution in [0.4, 0.5) is 5.69 Å². The predicted octanol–water partition coefficient (Wildman–Crippen LogP) is 1.26. The van der Waals surface area contributed by atoms with Crippen molar-refractivity contribution in [2.24, 2.45) is 4.99 Å². The lowest BCUT2D eigenvalue weighted by atomic mass is 10.2. The Labute approximate surface area is 147 Å². The van der Waals surface area contributed by atoms with Gasteiger partial charge >= 0.3 is 0 Å². The van der Waals surface area contributed by atoms with Crippen molar-refractivity contribution in [3.05, 3.63) is 18.2 Å². The van der Waals surface area contributed by atoms with Crippen LogP contribution in [0.1, 0.15) is 0 Å². The molecule has 1 aromatic rings. The number of carbonyl (C=O) groups excluding carboxylic acids is 1. The number of thioether (sulfide) groups is 1. The molecule has 0 radical (unpaired) electrons. The van der Waals surface area contributed by atoms with Gasteiger partial charge in [0.25, 0.3) is 5.91 Å². The van der Waals surface area contributed by atoms with Gasteiger partial charge in [0.15, 0.2) is 26.5 Å². The summed E-state index contributed by atoms with van der Waals surface area (Å²) in [7, 11) is -3.10. The van der Waals surface area contributed by atoms with Crippen LogP contribution in [-0.4, -0.2) is 55.0 Å². The summed E-state index contributed by atoms with van der Waals surface area (Å²) >= 11 is 6.86. The van der Waals surface area contributed by atoms with Crippen LogP contribution in [0, 0.1) is 0 Å². The largest absolute Gasteiger partial charge is 0.454 e. The van der Waals surface area contributed by atoms with E-state index >= 15 is 0 Å². The number of amides is 1. The molecule has 0 bridgehead atoms. The van der Waals surface area contributed by atoms with Gasteiger partial charge in [-0.05, 0) is 12.1 Å². The summed E-state index contributed by atoms with van der Waals surface area (Å²) in [6.45, 7) is 0.152. The summed E-state index contributed by atoms with van der Waals surface area (Å²) in [5, 5.41) is 0.326. The molecule has 3 heterocycles. The molecule has 2 fully saturated rings. The van der Waals surface area contributed by atoms with Gasteiger partial charge in [-0.2, -0.15) is 4.99 Å². The van der Waals surface area contributed by atoms with E-state index in [4.69, 9.17) is 21.1 Å². The Morgan fingerprint density at radius 1 is 1.33 bits per heavy atom. The van der Waals surface area contributed by atoms with E-state index in [2.05, 4.69) is 4.99 Å². The maximum atomic E-state index is 12.0. The van der Waals surface area contributed by atoms with Crippen molar-refractivity contribution in [1.29, 1.82) is 0 Å². The molecule has 0 aromatic heterocycles. The molecular weight excluding hydrogens is 376 g/mol. The molecule has 2 unspecified atom stereocenters. The van der Waals surface area contributed by atoms with Crippen molar-refractivity contribution < 1.29 is 22.7 Å². The molecule has 24 heavy (non-hydrogen) atoms. The SMILES string of the molecule is O=C(CCl)N=C1SC2CS(=O)(=O)CC2N1c1ccc2c(c1)OCO2. The highest BCUT2D eigenvalue weighted by atomic mass is 35.5. The number of benzene rings is 1. The van der Waals surface area contributed by atoms with E-state index in [1.54, 1.807) is 17.0 Å². The summed E-state index contributed by atoms with van der Waals surface area (Å²) in [6.07, 6.45) is 0. The van der Waals surface area contributed by atoms with Crippen molar-refractivity contribution in [2.75, 3.05) is 29.1 Å². The summed E-state index contributed by atoms with van der Waals surface area (Å²) in [5.74, 6) is 0.672. The van der Waals surface area contributed by atoms with Gasteiger partial charge in [-0.15, -0.1) is 11.6 Å². The number of nitrogens with zero attached hydrogens (tertiary/aromatic N) is 2. The Hall–Kier alpha value is -1.45. The Bertz CT molecular complexity index is 842. The van der Waals surface area contributed by atoms with Crippen molar-refractivity contribution in [3.63, 3.8) is 0 Å². The third-order valence-corrected chi connectivity index (χ3v) is 7.47. The van der Waals surface area contributed by atoms with Crippen molar-refractivity contribution in [1.82, 2.24) is 0 Å². The molecule has 7 nitrogen and oxygen atoms in total. The summed E-state index contributed by atoms with van der Waals surface area (Å²) < 4.78 is 34.6. The third-order valence-electron chi connectivity index (χ3n) is 4.04. The molecule has 128 valence electrons. The zero-order valence-electron chi connectivity index (χ0n) is 12.3. The molecule has 10 heteroatoms. The fourth-order valence-corrected chi connectivity index (χ4v) is 7.03. The van der Waals surface area contributed by atoms with Crippen LogP contribution in [0.3, 0.4) is 0 Å². The van der Waals surface area contributed by atoms with Crippen molar-refractivity contribution in [2.45, 2.75) is 11.3 Å².